The van der Waals surface area contributed by atoms with Crippen molar-refractivity contribution in [1.29, 1.82) is 0 Å². The fourth-order valence-corrected chi connectivity index (χ4v) is 4.15. The summed E-state index contributed by atoms with van der Waals surface area (Å²) in [7, 11) is -3.73. The average molecular weight is 474 g/mol. The SMILES string of the molecule is Cc1ccc(N(CC(=O)N(Cc2ccccc2)[C@H](C)C(=O)NCC(C)C)S(C)(=O)=O)cc1C. The van der Waals surface area contributed by atoms with Crippen molar-refractivity contribution < 1.29 is 18.0 Å². The Kier molecular flexibility index (Phi) is 9.05. The van der Waals surface area contributed by atoms with Gasteiger partial charge in [-0.15, -0.1) is 0 Å². The summed E-state index contributed by atoms with van der Waals surface area (Å²) in [6, 6.07) is 13.8. The first-order valence-electron chi connectivity index (χ1n) is 11.1. The minimum Gasteiger partial charge on any atom is -0.354 e. The van der Waals surface area contributed by atoms with Crippen molar-refractivity contribution >= 4 is 27.5 Å². The quantitative estimate of drug-likeness (QED) is 0.574. The monoisotopic (exact) mass is 473 g/mol. The summed E-state index contributed by atoms with van der Waals surface area (Å²) in [5.74, 6) is -0.454. The molecule has 8 heteroatoms. The van der Waals surface area contributed by atoms with Gasteiger partial charge in [0.25, 0.3) is 0 Å². The molecule has 0 aliphatic rings. The van der Waals surface area contributed by atoms with Crippen molar-refractivity contribution in [3.63, 3.8) is 0 Å². The second kappa shape index (κ2) is 11.3. The number of carbonyl (C=O) groups is 2. The summed E-state index contributed by atoms with van der Waals surface area (Å²) in [6.07, 6.45) is 1.08. The van der Waals surface area contributed by atoms with Gasteiger partial charge in [-0.1, -0.05) is 50.2 Å². The second-order valence-electron chi connectivity index (χ2n) is 8.86. The fraction of sp³-hybridized carbons (Fsp3) is 0.440. The van der Waals surface area contributed by atoms with Crippen LogP contribution in [0.5, 0.6) is 0 Å². The average Bonchev–Trinajstić information content (AvgIpc) is 2.75. The lowest BCUT2D eigenvalue weighted by atomic mass is 10.1. The Morgan fingerprint density at radius 3 is 2.15 bits per heavy atom. The van der Waals surface area contributed by atoms with Gasteiger partial charge < -0.3 is 10.2 Å². The molecule has 2 amide bonds. The van der Waals surface area contributed by atoms with Crippen LogP contribution in [0.2, 0.25) is 0 Å². The molecule has 0 aliphatic carbocycles. The normalized spacial score (nSPS) is 12.3. The third-order valence-corrected chi connectivity index (χ3v) is 6.65. The molecule has 2 aromatic rings. The summed E-state index contributed by atoms with van der Waals surface area (Å²) >= 11 is 0. The standard InChI is InChI=1S/C25H35N3O4S/c1-18(2)15-26-25(30)21(5)27(16-22-10-8-7-9-11-22)24(29)17-28(33(6,31)32)23-13-12-19(3)20(4)14-23/h7-14,18,21H,15-17H2,1-6H3,(H,26,30)/t21-/m1/s1. The van der Waals surface area contributed by atoms with Gasteiger partial charge in [0, 0.05) is 13.1 Å². The zero-order chi connectivity index (χ0) is 24.8. The predicted octanol–water partition coefficient (Wildman–Crippen LogP) is 3.26. The van der Waals surface area contributed by atoms with Crippen LogP contribution in [0.15, 0.2) is 48.5 Å². The van der Waals surface area contributed by atoms with Gasteiger partial charge in [0.15, 0.2) is 0 Å². The van der Waals surface area contributed by atoms with Crippen LogP contribution in [-0.4, -0.2) is 50.5 Å². The Labute approximate surface area is 197 Å². The molecule has 0 saturated carbocycles. The fourth-order valence-electron chi connectivity index (χ4n) is 3.31. The molecular weight excluding hydrogens is 438 g/mol. The molecule has 1 N–H and O–H groups in total. The van der Waals surface area contributed by atoms with E-state index in [9.17, 15) is 18.0 Å². The van der Waals surface area contributed by atoms with Crippen LogP contribution in [0, 0.1) is 19.8 Å². The first-order chi connectivity index (χ1) is 15.4. The van der Waals surface area contributed by atoms with E-state index in [4.69, 9.17) is 0 Å². The van der Waals surface area contributed by atoms with Crippen LogP contribution in [0.1, 0.15) is 37.5 Å². The van der Waals surface area contributed by atoms with Gasteiger partial charge in [-0.05, 0) is 55.5 Å². The summed E-state index contributed by atoms with van der Waals surface area (Å²) in [6.45, 7) is 9.78. The van der Waals surface area contributed by atoms with E-state index in [0.29, 0.717) is 12.2 Å². The maximum absolute atomic E-state index is 13.5. The number of hydrogen-bond acceptors (Lipinski definition) is 4. The van der Waals surface area contributed by atoms with Gasteiger partial charge in [-0.2, -0.15) is 0 Å². The number of aryl methyl sites for hydroxylation is 2. The van der Waals surface area contributed by atoms with Crippen LogP contribution in [0.25, 0.3) is 0 Å². The lowest BCUT2D eigenvalue weighted by Gasteiger charge is -2.31. The molecule has 0 saturated heterocycles. The Morgan fingerprint density at radius 1 is 0.970 bits per heavy atom. The zero-order valence-electron chi connectivity index (χ0n) is 20.3. The molecule has 0 radical (unpaired) electrons. The smallest absolute Gasteiger partial charge is 0.244 e. The minimum absolute atomic E-state index is 0.195. The molecule has 1 atom stereocenters. The Hall–Kier alpha value is -2.87. The van der Waals surface area contributed by atoms with Crippen molar-refractivity contribution in [2.24, 2.45) is 5.92 Å². The summed E-state index contributed by atoms with van der Waals surface area (Å²) in [4.78, 5) is 27.7. The number of nitrogens with one attached hydrogen (secondary N) is 1. The van der Waals surface area contributed by atoms with Crippen LogP contribution in [-0.2, 0) is 26.2 Å². The number of anilines is 1. The highest BCUT2D eigenvalue weighted by atomic mass is 32.2. The first kappa shape index (κ1) is 26.4. The zero-order valence-corrected chi connectivity index (χ0v) is 21.1. The molecule has 0 spiro atoms. The van der Waals surface area contributed by atoms with Gasteiger partial charge in [0.05, 0.1) is 11.9 Å². The number of benzene rings is 2. The third kappa shape index (κ3) is 7.60. The number of hydrogen-bond donors (Lipinski definition) is 1. The minimum atomic E-state index is -3.73. The Bertz CT molecular complexity index is 1070. The number of sulfonamides is 1. The molecular formula is C25H35N3O4S. The lowest BCUT2D eigenvalue weighted by Crippen LogP contribution is -2.51. The van der Waals surface area contributed by atoms with Gasteiger partial charge in [-0.25, -0.2) is 8.42 Å². The molecule has 0 heterocycles. The molecule has 2 aromatic carbocycles. The molecule has 2 rings (SSSR count). The van der Waals surface area contributed by atoms with E-state index in [1.165, 1.54) is 4.90 Å². The van der Waals surface area contributed by atoms with Crippen LogP contribution in [0.3, 0.4) is 0 Å². The van der Waals surface area contributed by atoms with E-state index in [1.54, 1.807) is 19.1 Å². The van der Waals surface area contributed by atoms with Crippen molar-refractivity contribution in [2.75, 3.05) is 23.7 Å². The topological polar surface area (TPSA) is 86.8 Å². The largest absolute Gasteiger partial charge is 0.354 e. The number of nitrogens with zero attached hydrogens (tertiary/aromatic N) is 2. The summed E-state index contributed by atoms with van der Waals surface area (Å²) in [5, 5.41) is 2.87. The van der Waals surface area contributed by atoms with Gasteiger partial charge >= 0.3 is 0 Å². The van der Waals surface area contributed by atoms with Gasteiger partial charge in [-0.3, -0.25) is 13.9 Å². The molecule has 33 heavy (non-hydrogen) atoms. The van der Waals surface area contributed by atoms with E-state index in [2.05, 4.69) is 5.32 Å². The molecule has 0 fully saturated rings. The maximum atomic E-state index is 13.5. The van der Waals surface area contributed by atoms with Crippen molar-refractivity contribution in [1.82, 2.24) is 10.2 Å². The van der Waals surface area contributed by atoms with E-state index in [1.807, 2.05) is 64.1 Å². The summed E-state index contributed by atoms with van der Waals surface area (Å²) < 4.78 is 26.3. The molecule has 0 aliphatic heterocycles. The highest BCUT2D eigenvalue weighted by Gasteiger charge is 2.30. The number of carbonyl (C=O) groups excluding carboxylic acids is 2. The van der Waals surface area contributed by atoms with E-state index < -0.39 is 28.5 Å². The Balaban J connectivity index is 2.36. The molecule has 180 valence electrons. The van der Waals surface area contributed by atoms with Crippen LogP contribution >= 0.6 is 0 Å². The van der Waals surface area contributed by atoms with Gasteiger partial charge in [0.1, 0.15) is 12.6 Å². The Morgan fingerprint density at radius 2 is 1.61 bits per heavy atom. The predicted molar refractivity (Wildman–Crippen MR) is 132 cm³/mol. The van der Waals surface area contributed by atoms with Gasteiger partial charge in [0.2, 0.25) is 21.8 Å². The first-order valence-corrected chi connectivity index (χ1v) is 12.9. The highest BCUT2D eigenvalue weighted by Crippen LogP contribution is 2.22. The van der Waals surface area contributed by atoms with Crippen LogP contribution < -0.4 is 9.62 Å². The highest BCUT2D eigenvalue weighted by molar-refractivity contribution is 7.92. The van der Waals surface area contributed by atoms with Crippen molar-refractivity contribution in [3.8, 4) is 0 Å². The summed E-state index contributed by atoms with van der Waals surface area (Å²) in [5.41, 5.74) is 3.23. The molecule has 0 bridgehead atoms. The maximum Gasteiger partial charge on any atom is 0.244 e. The lowest BCUT2D eigenvalue weighted by molar-refractivity contribution is -0.139. The number of rotatable bonds is 10. The second-order valence-corrected chi connectivity index (χ2v) is 10.8. The van der Waals surface area contributed by atoms with Crippen LogP contribution in [0.4, 0.5) is 5.69 Å². The molecule has 0 unspecified atom stereocenters. The van der Waals surface area contributed by atoms with E-state index in [-0.39, 0.29) is 18.4 Å². The van der Waals surface area contributed by atoms with Crippen molar-refractivity contribution in [3.05, 3.63) is 65.2 Å². The van der Waals surface area contributed by atoms with E-state index >= 15 is 0 Å². The van der Waals surface area contributed by atoms with Crippen molar-refractivity contribution in [2.45, 2.75) is 47.2 Å². The number of amides is 2. The van der Waals surface area contributed by atoms with E-state index in [0.717, 1.165) is 27.3 Å². The molecule has 0 aromatic heterocycles. The third-order valence-electron chi connectivity index (χ3n) is 5.51. The molecule has 7 nitrogen and oxygen atoms in total.